The number of benzene rings is 1. The lowest BCUT2D eigenvalue weighted by Crippen LogP contribution is -2.19. The molecule has 0 aliphatic rings. The van der Waals surface area contributed by atoms with E-state index >= 15 is 0 Å². The first kappa shape index (κ1) is 17.0. The maximum Gasteiger partial charge on any atom is 0.248 e. The Morgan fingerprint density at radius 2 is 2.18 bits per heavy atom. The lowest BCUT2D eigenvalue weighted by atomic mass is 10.2. The molecule has 1 aromatic carbocycles. The van der Waals surface area contributed by atoms with Crippen LogP contribution in [0.3, 0.4) is 0 Å². The highest BCUT2D eigenvalue weighted by Crippen LogP contribution is 2.22. The summed E-state index contributed by atoms with van der Waals surface area (Å²) in [7, 11) is 0. The number of hydrogen-bond acceptors (Lipinski definition) is 4. The first-order valence-corrected chi connectivity index (χ1v) is 8.67. The second kappa shape index (κ2) is 7.28. The van der Waals surface area contributed by atoms with Crippen molar-refractivity contribution in [1.29, 1.82) is 0 Å². The molecule has 0 fully saturated rings. The Bertz CT molecular complexity index is 651. The van der Waals surface area contributed by atoms with Crippen LogP contribution in [0.5, 0.6) is 0 Å². The summed E-state index contributed by atoms with van der Waals surface area (Å²) in [6.45, 7) is 6.85. The van der Waals surface area contributed by atoms with E-state index in [9.17, 15) is 4.79 Å². The minimum Gasteiger partial charge on any atom is -0.293 e. The summed E-state index contributed by atoms with van der Waals surface area (Å²) in [5.74, 6) is 0.651. The van der Waals surface area contributed by atoms with Crippen LogP contribution in [0.1, 0.15) is 26.3 Å². The molecule has 0 saturated carbocycles. The van der Waals surface area contributed by atoms with Crippen molar-refractivity contribution in [2.45, 2.75) is 32.1 Å². The van der Waals surface area contributed by atoms with Gasteiger partial charge in [0.2, 0.25) is 11.9 Å². The second-order valence-corrected chi connectivity index (χ2v) is 8.56. The standard InChI is InChI=1S/C15H19BrN4OS/c1-15(2,3)22-9-13(21)18-14-17-10-20(19-14)8-11-5-4-6-12(16)7-11/h4-7,10H,8-9H2,1-3H3,(H,18,19,21). The number of nitrogens with zero attached hydrogens (tertiary/aromatic N) is 3. The number of amides is 1. The fourth-order valence-corrected chi connectivity index (χ4v) is 2.78. The van der Waals surface area contributed by atoms with E-state index in [1.54, 1.807) is 22.8 Å². The summed E-state index contributed by atoms with van der Waals surface area (Å²) >= 11 is 5.03. The van der Waals surface area contributed by atoms with Crippen LogP contribution in [-0.2, 0) is 11.3 Å². The van der Waals surface area contributed by atoms with E-state index in [2.05, 4.69) is 52.1 Å². The van der Waals surface area contributed by atoms with Gasteiger partial charge in [-0.1, -0.05) is 48.8 Å². The first-order valence-electron chi connectivity index (χ1n) is 6.89. The van der Waals surface area contributed by atoms with Crippen LogP contribution >= 0.6 is 27.7 Å². The number of hydrogen-bond donors (Lipinski definition) is 1. The zero-order valence-electron chi connectivity index (χ0n) is 12.8. The van der Waals surface area contributed by atoms with E-state index < -0.39 is 0 Å². The first-order chi connectivity index (χ1) is 10.3. The van der Waals surface area contributed by atoms with Crippen LogP contribution in [-0.4, -0.2) is 31.2 Å². The van der Waals surface area contributed by atoms with Gasteiger partial charge in [0.15, 0.2) is 0 Å². The Balaban J connectivity index is 1.90. The second-order valence-electron chi connectivity index (χ2n) is 5.84. The maximum atomic E-state index is 11.8. The monoisotopic (exact) mass is 382 g/mol. The lowest BCUT2D eigenvalue weighted by Gasteiger charge is -2.16. The number of thioether (sulfide) groups is 1. The number of aromatic nitrogens is 3. The number of carbonyl (C=O) groups is 1. The highest BCUT2D eigenvalue weighted by molar-refractivity contribution is 9.10. The number of carbonyl (C=O) groups excluding carboxylic acids is 1. The molecular formula is C15H19BrN4OS. The van der Waals surface area contributed by atoms with Gasteiger partial charge in [0.1, 0.15) is 6.33 Å². The SMILES string of the molecule is CC(C)(C)SCC(=O)Nc1ncn(Cc2cccc(Br)c2)n1. The maximum absolute atomic E-state index is 11.8. The van der Waals surface area contributed by atoms with Gasteiger partial charge in [-0.2, -0.15) is 0 Å². The molecule has 0 aliphatic carbocycles. The molecule has 0 saturated heterocycles. The molecule has 0 atom stereocenters. The fourth-order valence-electron chi connectivity index (χ4n) is 1.69. The Kier molecular flexibility index (Phi) is 5.63. The number of nitrogens with one attached hydrogen (secondary N) is 1. The molecule has 7 heteroatoms. The fraction of sp³-hybridized carbons (Fsp3) is 0.400. The van der Waals surface area contributed by atoms with E-state index in [4.69, 9.17) is 0 Å². The summed E-state index contributed by atoms with van der Waals surface area (Å²) in [5, 5.41) is 6.99. The zero-order valence-corrected chi connectivity index (χ0v) is 15.2. The summed E-state index contributed by atoms with van der Waals surface area (Å²) in [4.78, 5) is 16.0. The average Bonchev–Trinajstić information content (AvgIpc) is 2.83. The molecule has 1 N–H and O–H groups in total. The molecule has 1 amide bonds. The van der Waals surface area contributed by atoms with Crippen molar-refractivity contribution in [3.05, 3.63) is 40.6 Å². The third-order valence-corrected chi connectivity index (χ3v) is 4.42. The largest absolute Gasteiger partial charge is 0.293 e. The topological polar surface area (TPSA) is 59.8 Å². The molecule has 1 aromatic heterocycles. The predicted octanol–water partition coefficient (Wildman–Crippen LogP) is 3.56. The normalized spacial score (nSPS) is 11.5. The average molecular weight is 383 g/mol. The Labute approximate surface area is 143 Å². The van der Waals surface area contributed by atoms with E-state index in [0.717, 1.165) is 10.0 Å². The molecule has 22 heavy (non-hydrogen) atoms. The van der Waals surface area contributed by atoms with Gasteiger partial charge in [0, 0.05) is 9.22 Å². The van der Waals surface area contributed by atoms with Crippen LogP contribution in [0, 0.1) is 0 Å². The minimum atomic E-state index is -0.0832. The molecule has 0 spiro atoms. The van der Waals surface area contributed by atoms with E-state index in [-0.39, 0.29) is 10.7 Å². The van der Waals surface area contributed by atoms with Gasteiger partial charge in [0.25, 0.3) is 0 Å². The van der Waals surface area contributed by atoms with Gasteiger partial charge in [-0.3, -0.25) is 10.1 Å². The predicted molar refractivity (Wildman–Crippen MR) is 94.1 cm³/mol. The Hall–Kier alpha value is -1.34. The molecule has 0 aliphatic heterocycles. The van der Waals surface area contributed by atoms with Crippen molar-refractivity contribution in [3.8, 4) is 0 Å². The van der Waals surface area contributed by atoms with Gasteiger partial charge >= 0.3 is 0 Å². The van der Waals surface area contributed by atoms with Gasteiger partial charge in [-0.05, 0) is 17.7 Å². The minimum absolute atomic E-state index is 0.0603. The number of rotatable bonds is 5. The molecule has 5 nitrogen and oxygen atoms in total. The molecule has 2 aromatic rings. The van der Waals surface area contributed by atoms with Crippen LogP contribution in [0.25, 0.3) is 0 Å². The quantitative estimate of drug-likeness (QED) is 0.858. The third-order valence-electron chi connectivity index (χ3n) is 2.66. The van der Waals surface area contributed by atoms with Gasteiger partial charge in [-0.15, -0.1) is 16.9 Å². The van der Waals surface area contributed by atoms with Crippen molar-refractivity contribution in [1.82, 2.24) is 14.8 Å². The Morgan fingerprint density at radius 3 is 2.86 bits per heavy atom. The van der Waals surface area contributed by atoms with Crippen LogP contribution in [0.4, 0.5) is 5.95 Å². The Morgan fingerprint density at radius 1 is 1.41 bits per heavy atom. The lowest BCUT2D eigenvalue weighted by molar-refractivity contribution is -0.113. The molecule has 0 unspecified atom stereocenters. The molecule has 0 radical (unpaired) electrons. The summed E-state index contributed by atoms with van der Waals surface area (Å²) in [6, 6.07) is 8.00. The van der Waals surface area contributed by atoms with Crippen molar-refractivity contribution in [2.24, 2.45) is 0 Å². The van der Waals surface area contributed by atoms with E-state index in [0.29, 0.717) is 18.2 Å². The van der Waals surface area contributed by atoms with Crippen molar-refractivity contribution < 1.29 is 4.79 Å². The van der Waals surface area contributed by atoms with Gasteiger partial charge < -0.3 is 0 Å². The highest BCUT2D eigenvalue weighted by Gasteiger charge is 2.14. The van der Waals surface area contributed by atoms with Crippen LogP contribution in [0.2, 0.25) is 0 Å². The number of halogens is 1. The van der Waals surface area contributed by atoms with Crippen molar-refractivity contribution in [2.75, 3.05) is 11.1 Å². The molecular weight excluding hydrogens is 364 g/mol. The summed E-state index contributed by atoms with van der Waals surface area (Å²) in [5.41, 5.74) is 1.11. The van der Waals surface area contributed by atoms with Crippen molar-refractivity contribution >= 4 is 39.5 Å². The van der Waals surface area contributed by atoms with Gasteiger partial charge in [0.05, 0.1) is 12.3 Å². The number of anilines is 1. The molecule has 2 rings (SSSR count). The van der Waals surface area contributed by atoms with E-state index in [1.165, 1.54) is 0 Å². The van der Waals surface area contributed by atoms with Crippen LogP contribution in [0.15, 0.2) is 35.1 Å². The zero-order chi connectivity index (χ0) is 16.2. The summed E-state index contributed by atoms with van der Waals surface area (Å²) < 4.78 is 2.79. The highest BCUT2D eigenvalue weighted by atomic mass is 79.9. The van der Waals surface area contributed by atoms with E-state index in [1.807, 2.05) is 24.3 Å². The van der Waals surface area contributed by atoms with Crippen molar-refractivity contribution in [3.63, 3.8) is 0 Å². The van der Waals surface area contributed by atoms with Crippen LogP contribution < -0.4 is 5.32 Å². The third kappa shape index (κ3) is 5.81. The molecule has 1 heterocycles. The summed E-state index contributed by atoms with van der Waals surface area (Å²) in [6.07, 6.45) is 1.62. The smallest absolute Gasteiger partial charge is 0.248 e. The molecule has 0 bridgehead atoms. The van der Waals surface area contributed by atoms with Gasteiger partial charge in [-0.25, -0.2) is 9.67 Å². The molecule has 118 valence electrons.